The summed E-state index contributed by atoms with van der Waals surface area (Å²) in [5.41, 5.74) is 0.449. The zero-order chi connectivity index (χ0) is 13.9. The van der Waals surface area contributed by atoms with Crippen LogP contribution in [0.1, 0.15) is 5.56 Å². The van der Waals surface area contributed by atoms with Gasteiger partial charge in [0.1, 0.15) is 18.2 Å². The Kier molecular flexibility index (Phi) is 3.57. The third-order valence-corrected chi connectivity index (χ3v) is 3.38. The SMILES string of the molecule is Fc1ccc(Cl)cc1COc1cccc2ccccc12. The molecule has 3 heteroatoms. The van der Waals surface area contributed by atoms with E-state index in [1.165, 1.54) is 12.1 Å². The van der Waals surface area contributed by atoms with Gasteiger partial charge < -0.3 is 4.74 Å². The third kappa shape index (κ3) is 2.61. The summed E-state index contributed by atoms with van der Waals surface area (Å²) in [6, 6.07) is 18.2. The number of halogens is 2. The molecule has 20 heavy (non-hydrogen) atoms. The van der Waals surface area contributed by atoms with E-state index < -0.39 is 0 Å². The molecule has 0 atom stereocenters. The molecule has 0 amide bonds. The Morgan fingerprint density at radius 2 is 1.75 bits per heavy atom. The molecule has 0 aromatic heterocycles. The molecule has 0 aliphatic carbocycles. The molecule has 0 saturated heterocycles. The van der Waals surface area contributed by atoms with Crippen molar-refractivity contribution in [1.82, 2.24) is 0 Å². The fourth-order valence-electron chi connectivity index (χ4n) is 2.13. The van der Waals surface area contributed by atoms with Gasteiger partial charge in [-0.25, -0.2) is 4.39 Å². The van der Waals surface area contributed by atoms with Crippen molar-refractivity contribution in [2.24, 2.45) is 0 Å². The lowest BCUT2D eigenvalue weighted by Gasteiger charge is -2.10. The topological polar surface area (TPSA) is 9.23 Å². The minimum atomic E-state index is -0.311. The number of hydrogen-bond donors (Lipinski definition) is 0. The van der Waals surface area contributed by atoms with E-state index in [9.17, 15) is 4.39 Å². The van der Waals surface area contributed by atoms with Gasteiger partial charge in [-0.2, -0.15) is 0 Å². The van der Waals surface area contributed by atoms with Crippen molar-refractivity contribution >= 4 is 22.4 Å². The minimum Gasteiger partial charge on any atom is -0.488 e. The summed E-state index contributed by atoms with van der Waals surface area (Å²) in [6.07, 6.45) is 0. The van der Waals surface area contributed by atoms with Crippen LogP contribution in [0.4, 0.5) is 4.39 Å². The van der Waals surface area contributed by atoms with Crippen molar-refractivity contribution in [3.05, 3.63) is 77.1 Å². The summed E-state index contributed by atoms with van der Waals surface area (Å²) in [7, 11) is 0. The van der Waals surface area contributed by atoms with E-state index in [1.807, 2.05) is 42.5 Å². The van der Waals surface area contributed by atoms with E-state index in [0.717, 1.165) is 16.5 Å². The van der Waals surface area contributed by atoms with Gasteiger partial charge in [0, 0.05) is 16.0 Å². The van der Waals surface area contributed by atoms with Gasteiger partial charge in [0.25, 0.3) is 0 Å². The fourth-order valence-corrected chi connectivity index (χ4v) is 2.33. The van der Waals surface area contributed by atoms with Crippen molar-refractivity contribution in [2.45, 2.75) is 6.61 Å². The van der Waals surface area contributed by atoms with E-state index in [4.69, 9.17) is 16.3 Å². The maximum atomic E-state index is 13.6. The highest BCUT2D eigenvalue weighted by molar-refractivity contribution is 6.30. The highest BCUT2D eigenvalue weighted by atomic mass is 35.5. The van der Waals surface area contributed by atoms with E-state index >= 15 is 0 Å². The normalized spacial score (nSPS) is 10.7. The van der Waals surface area contributed by atoms with Gasteiger partial charge >= 0.3 is 0 Å². The highest BCUT2D eigenvalue weighted by Crippen LogP contribution is 2.26. The second-order valence-electron chi connectivity index (χ2n) is 4.50. The average molecular weight is 287 g/mol. The molecule has 0 N–H and O–H groups in total. The molecular weight excluding hydrogens is 275 g/mol. The predicted octanol–water partition coefficient (Wildman–Crippen LogP) is 5.21. The first-order chi connectivity index (χ1) is 9.74. The number of rotatable bonds is 3. The maximum Gasteiger partial charge on any atom is 0.129 e. The van der Waals surface area contributed by atoms with Crippen LogP contribution in [0.2, 0.25) is 5.02 Å². The molecule has 0 aliphatic rings. The van der Waals surface area contributed by atoms with Crippen LogP contribution in [0.5, 0.6) is 5.75 Å². The Morgan fingerprint density at radius 1 is 0.950 bits per heavy atom. The van der Waals surface area contributed by atoms with Crippen LogP contribution in [-0.2, 0) is 6.61 Å². The van der Waals surface area contributed by atoms with Gasteiger partial charge in [-0.05, 0) is 29.7 Å². The van der Waals surface area contributed by atoms with Gasteiger partial charge in [-0.15, -0.1) is 0 Å². The summed E-state index contributed by atoms with van der Waals surface area (Å²) in [5, 5.41) is 2.61. The molecule has 0 fully saturated rings. The van der Waals surface area contributed by atoms with E-state index in [-0.39, 0.29) is 12.4 Å². The molecule has 0 heterocycles. The molecule has 0 bridgehead atoms. The molecular formula is C17H12ClFO. The molecule has 0 radical (unpaired) electrons. The first-order valence-corrected chi connectivity index (χ1v) is 6.66. The first-order valence-electron chi connectivity index (χ1n) is 6.28. The third-order valence-electron chi connectivity index (χ3n) is 3.14. The first kappa shape index (κ1) is 12.9. The van der Waals surface area contributed by atoms with Crippen molar-refractivity contribution in [1.29, 1.82) is 0 Å². The predicted molar refractivity (Wildman–Crippen MR) is 79.7 cm³/mol. The van der Waals surface area contributed by atoms with Crippen molar-refractivity contribution in [3.8, 4) is 5.75 Å². The molecule has 3 rings (SSSR count). The number of hydrogen-bond acceptors (Lipinski definition) is 1. The molecule has 100 valence electrons. The lowest BCUT2D eigenvalue weighted by molar-refractivity contribution is 0.303. The Balaban J connectivity index is 1.89. The standard InChI is InChI=1S/C17H12ClFO/c18-14-8-9-16(19)13(10-14)11-20-17-7-3-5-12-4-1-2-6-15(12)17/h1-10H,11H2. The van der Waals surface area contributed by atoms with Crippen LogP contribution >= 0.6 is 11.6 Å². The quantitative estimate of drug-likeness (QED) is 0.642. The average Bonchev–Trinajstić information content (AvgIpc) is 2.48. The Hall–Kier alpha value is -2.06. The summed E-state index contributed by atoms with van der Waals surface area (Å²) in [4.78, 5) is 0. The van der Waals surface area contributed by atoms with E-state index in [2.05, 4.69) is 0 Å². The van der Waals surface area contributed by atoms with Crippen LogP contribution in [0.15, 0.2) is 60.7 Å². The summed E-state index contributed by atoms with van der Waals surface area (Å²) >= 11 is 5.87. The molecule has 3 aromatic carbocycles. The second-order valence-corrected chi connectivity index (χ2v) is 4.94. The smallest absolute Gasteiger partial charge is 0.129 e. The van der Waals surface area contributed by atoms with Crippen LogP contribution in [0.25, 0.3) is 10.8 Å². The molecule has 0 aliphatic heterocycles. The molecule has 0 saturated carbocycles. The van der Waals surface area contributed by atoms with Gasteiger partial charge in [-0.3, -0.25) is 0 Å². The Morgan fingerprint density at radius 3 is 2.65 bits per heavy atom. The Labute approximate surface area is 121 Å². The van der Waals surface area contributed by atoms with Crippen LogP contribution in [0.3, 0.4) is 0 Å². The van der Waals surface area contributed by atoms with E-state index in [0.29, 0.717) is 10.6 Å². The number of ether oxygens (including phenoxy) is 1. The van der Waals surface area contributed by atoms with E-state index in [1.54, 1.807) is 6.07 Å². The maximum absolute atomic E-state index is 13.6. The largest absolute Gasteiger partial charge is 0.488 e. The lowest BCUT2D eigenvalue weighted by atomic mass is 10.1. The van der Waals surface area contributed by atoms with Crippen LogP contribution < -0.4 is 4.74 Å². The summed E-state index contributed by atoms with van der Waals surface area (Å²) in [6.45, 7) is 0.153. The van der Waals surface area contributed by atoms with Crippen molar-refractivity contribution in [2.75, 3.05) is 0 Å². The van der Waals surface area contributed by atoms with Gasteiger partial charge in [0.05, 0.1) is 0 Å². The summed E-state index contributed by atoms with van der Waals surface area (Å²) < 4.78 is 19.4. The summed E-state index contributed by atoms with van der Waals surface area (Å²) in [5.74, 6) is 0.428. The second kappa shape index (κ2) is 5.51. The molecule has 1 nitrogen and oxygen atoms in total. The Bertz CT molecular complexity index is 750. The van der Waals surface area contributed by atoms with Crippen LogP contribution in [-0.4, -0.2) is 0 Å². The molecule has 0 spiro atoms. The fraction of sp³-hybridized carbons (Fsp3) is 0.0588. The number of fused-ring (bicyclic) bond motifs is 1. The molecule has 0 unspecified atom stereocenters. The number of benzene rings is 3. The van der Waals surface area contributed by atoms with Crippen molar-refractivity contribution in [3.63, 3.8) is 0 Å². The van der Waals surface area contributed by atoms with Crippen molar-refractivity contribution < 1.29 is 9.13 Å². The van der Waals surface area contributed by atoms with Gasteiger partial charge in [0.15, 0.2) is 0 Å². The lowest BCUT2D eigenvalue weighted by Crippen LogP contribution is -1.99. The van der Waals surface area contributed by atoms with Gasteiger partial charge in [0.2, 0.25) is 0 Å². The van der Waals surface area contributed by atoms with Gasteiger partial charge in [-0.1, -0.05) is 48.0 Å². The zero-order valence-corrected chi connectivity index (χ0v) is 11.4. The van der Waals surface area contributed by atoms with Crippen LogP contribution in [0, 0.1) is 5.82 Å². The molecule has 3 aromatic rings. The highest BCUT2D eigenvalue weighted by Gasteiger charge is 2.06. The monoisotopic (exact) mass is 286 g/mol. The zero-order valence-electron chi connectivity index (χ0n) is 10.6. The minimum absolute atomic E-state index is 0.153.